The predicted octanol–water partition coefficient (Wildman–Crippen LogP) is 5.93. The number of nitrogens with one attached hydrogen (secondary N) is 1. The second-order valence-electron chi connectivity index (χ2n) is 12.0. The number of hydrogen-bond acceptors (Lipinski definition) is 12. The first-order valence-corrected chi connectivity index (χ1v) is 16.4. The maximum atomic E-state index is 6.81. The van der Waals surface area contributed by atoms with Crippen molar-refractivity contribution in [2.75, 3.05) is 41.9 Å². The van der Waals surface area contributed by atoms with E-state index in [1.807, 2.05) is 42.0 Å². The van der Waals surface area contributed by atoms with E-state index in [2.05, 4.69) is 62.3 Å². The van der Waals surface area contributed by atoms with Crippen LogP contribution in [0.5, 0.6) is 0 Å². The van der Waals surface area contributed by atoms with E-state index >= 15 is 0 Å². The van der Waals surface area contributed by atoms with Crippen molar-refractivity contribution >= 4 is 75.8 Å². The lowest BCUT2D eigenvalue weighted by atomic mass is 9.73. The van der Waals surface area contributed by atoms with Gasteiger partial charge in [-0.25, -0.2) is 19.9 Å². The maximum Gasteiger partial charge on any atom is 0.230 e. The second-order valence-corrected chi connectivity index (χ2v) is 13.5. The highest BCUT2D eigenvalue weighted by Gasteiger charge is 2.47. The molecule has 0 unspecified atom stereocenters. The quantitative estimate of drug-likeness (QED) is 0.209. The molecule has 3 N–H and O–H groups in total. The number of aryl methyl sites for hydroxylation is 2. The standard InChI is InChI=1S/C32H36ClN11OS.ClH/c1-19-22-6-5-21(15-23(22)41-43(19)4)42(3)25-8-12-36-31(39-25)40-30-28(33)24(7-11-35-30)46-27-17-37-26(16-38-27)44-13-9-32(10-14-44)18-45-20(2)29(32)34;/h5-8,11-12,15-17,20,29H,9-10,13-14,18,34H2,1-4H3,(H,35,36,39,40);1H/t20-,29+;/m0./s1. The lowest BCUT2D eigenvalue weighted by molar-refractivity contribution is 0.0974. The number of halogens is 2. The summed E-state index contributed by atoms with van der Waals surface area (Å²) < 4.78 is 7.75. The summed E-state index contributed by atoms with van der Waals surface area (Å²) in [6, 6.07) is 9.98. The summed E-state index contributed by atoms with van der Waals surface area (Å²) in [5, 5.41) is 10.1. The molecule has 2 atom stereocenters. The van der Waals surface area contributed by atoms with E-state index in [0.717, 1.165) is 70.6 Å². The molecular weight excluding hydrogens is 657 g/mol. The summed E-state index contributed by atoms with van der Waals surface area (Å²) in [4.78, 5) is 28.0. The smallest absolute Gasteiger partial charge is 0.230 e. The van der Waals surface area contributed by atoms with Gasteiger partial charge in [0.1, 0.15) is 16.7 Å². The van der Waals surface area contributed by atoms with Crippen molar-refractivity contribution in [3.63, 3.8) is 0 Å². The molecule has 47 heavy (non-hydrogen) atoms. The minimum atomic E-state index is 0. The van der Waals surface area contributed by atoms with Crippen molar-refractivity contribution in [3.05, 3.63) is 65.8 Å². The first kappa shape index (κ1) is 33.2. The summed E-state index contributed by atoms with van der Waals surface area (Å²) in [5.74, 6) is 2.40. The molecule has 2 fully saturated rings. The molecule has 4 aromatic heterocycles. The van der Waals surface area contributed by atoms with Gasteiger partial charge in [-0.3, -0.25) is 4.68 Å². The van der Waals surface area contributed by atoms with Crippen LogP contribution in [-0.2, 0) is 11.8 Å². The van der Waals surface area contributed by atoms with Crippen molar-refractivity contribution in [1.82, 2.24) is 34.7 Å². The molecule has 0 radical (unpaired) electrons. The maximum absolute atomic E-state index is 6.81. The van der Waals surface area contributed by atoms with E-state index in [1.54, 1.807) is 18.6 Å². The Labute approximate surface area is 288 Å². The molecule has 2 saturated heterocycles. The van der Waals surface area contributed by atoms with Gasteiger partial charge in [-0.1, -0.05) is 23.4 Å². The Morgan fingerprint density at radius 1 is 1.09 bits per heavy atom. The Bertz CT molecular complexity index is 1880. The number of piperidine rings is 1. The first-order chi connectivity index (χ1) is 22.2. The lowest BCUT2D eigenvalue weighted by Crippen LogP contribution is -2.50. The summed E-state index contributed by atoms with van der Waals surface area (Å²) in [6.45, 7) is 6.64. The molecule has 2 aliphatic heterocycles. The van der Waals surface area contributed by atoms with Crippen molar-refractivity contribution in [2.24, 2.45) is 18.2 Å². The van der Waals surface area contributed by atoms with Crippen LogP contribution in [0, 0.1) is 12.3 Å². The molecule has 0 amide bonds. The van der Waals surface area contributed by atoms with Gasteiger partial charge < -0.3 is 25.6 Å². The van der Waals surface area contributed by atoms with Gasteiger partial charge in [0, 0.05) is 72.7 Å². The zero-order chi connectivity index (χ0) is 32.0. The van der Waals surface area contributed by atoms with Gasteiger partial charge in [0.25, 0.3) is 0 Å². The average molecular weight is 695 g/mol. The topological polar surface area (TPSA) is 136 Å². The Hall–Kier alpha value is -3.75. The minimum Gasteiger partial charge on any atom is -0.376 e. The zero-order valence-corrected chi connectivity index (χ0v) is 29.0. The van der Waals surface area contributed by atoms with E-state index in [4.69, 9.17) is 32.0 Å². The van der Waals surface area contributed by atoms with Crippen LogP contribution in [0.25, 0.3) is 10.9 Å². The molecule has 246 valence electrons. The molecule has 15 heteroatoms. The Kier molecular flexibility index (Phi) is 9.45. The number of ether oxygens (including phenoxy) is 1. The fourth-order valence-electron chi connectivity index (χ4n) is 6.25. The fraction of sp³-hybridized carbons (Fsp3) is 0.375. The number of nitrogens with two attached hydrogens (primary N) is 1. The summed E-state index contributed by atoms with van der Waals surface area (Å²) in [5.41, 5.74) is 9.57. The molecule has 6 heterocycles. The third-order valence-corrected chi connectivity index (χ3v) is 10.8. The normalized spacial score (nSPS) is 18.8. The Morgan fingerprint density at radius 3 is 2.60 bits per heavy atom. The third kappa shape index (κ3) is 6.42. The predicted molar refractivity (Wildman–Crippen MR) is 189 cm³/mol. The van der Waals surface area contributed by atoms with E-state index < -0.39 is 0 Å². The average Bonchev–Trinajstić information content (AvgIpc) is 3.52. The number of anilines is 5. The highest BCUT2D eigenvalue weighted by molar-refractivity contribution is 7.99. The number of benzene rings is 1. The highest BCUT2D eigenvalue weighted by Crippen LogP contribution is 2.42. The van der Waals surface area contributed by atoms with Crippen molar-refractivity contribution in [3.8, 4) is 0 Å². The summed E-state index contributed by atoms with van der Waals surface area (Å²) in [6.07, 6.45) is 9.09. The van der Waals surface area contributed by atoms with Crippen molar-refractivity contribution in [1.29, 1.82) is 0 Å². The van der Waals surface area contributed by atoms with Crippen molar-refractivity contribution in [2.45, 2.75) is 48.8 Å². The van der Waals surface area contributed by atoms with Gasteiger partial charge in [0.15, 0.2) is 5.82 Å². The van der Waals surface area contributed by atoms with Crippen LogP contribution >= 0.6 is 35.8 Å². The Balaban J connectivity index is 0.00000386. The minimum absolute atomic E-state index is 0. The molecule has 0 aliphatic carbocycles. The van der Waals surface area contributed by atoms with Gasteiger partial charge in [-0.15, -0.1) is 12.4 Å². The largest absolute Gasteiger partial charge is 0.376 e. The first-order valence-electron chi connectivity index (χ1n) is 15.2. The van der Waals surface area contributed by atoms with Crippen LogP contribution < -0.4 is 20.9 Å². The van der Waals surface area contributed by atoms with Crippen LogP contribution in [0.4, 0.5) is 29.1 Å². The monoisotopic (exact) mass is 693 g/mol. The summed E-state index contributed by atoms with van der Waals surface area (Å²) >= 11 is 8.24. The highest BCUT2D eigenvalue weighted by atomic mass is 35.5. The number of rotatable bonds is 7. The summed E-state index contributed by atoms with van der Waals surface area (Å²) in [7, 11) is 3.91. The molecule has 2 aliphatic rings. The van der Waals surface area contributed by atoms with E-state index in [0.29, 0.717) is 22.6 Å². The zero-order valence-electron chi connectivity index (χ0n) is 26.6. The Morgan fingerprint density at radius 2 is 1.87 bits per heavy atom. The van der Waals surface area contributed by atoms with Crippen LogP contribution in [0.15, 0.2) is 65.0 Å². The van der Waals surface area contributed by atoms with Gasteiger partial charge in [-0.2, -0.15) is 10.1 Å². The number of hydrogen-bond donors (Lipinski definition) is 2. The molecule has 7 rings (SSSR count). The number of fused-ring (bicyclic) bond motifs is 1. The van der Waals surface area contributed by atoms with E-state index in [-0.39, 0.29) is 30.0 Å². The lowest BCUT2D eigenvalue weighted by Gasteiger charge is -2.41. The number of nitrogens with zero attached hydrogens (tertiary/aromatic N) is 9. The van der Waals surface area contributed by atoms with Gasteiger partial charge in [-0.05, 0) is 57.0 Å². The van der Waals surface area contributed by atoms with Crippen LogP contribution in [0.2, 0.25) is 5.02 Å². The van der Waals surface area contributed by atoms with Crippen LogP contribution in [-0.4, -0.2) is 73.6 Å². The number of pyridine rings is 1. The molecule has 1 aromatic carbocycles. The van der Waals surface area contributed by atoms with Gasteiger partial charge >= 0.3 is 0 Å². The second kappa shape index (κ2) is 13.4. The van der Waals surface area contributed by atoms with E-state index in [9.17, 15) is 0 Å². The fourth-order valence-corrected chi connectivity index (χ4v) is 7.27. The molecule has 12 nitrogen and oxygen atoms in total. The van der Waals surface area contributed by atoms with Crippen LogP contribution in [0.1, 0.15) is 25.5 Å². The third-order valence-electron chi connectivity index (χ3n) is 9.33. The van der Waals surface area contributed by atoms with Gasteiger partial charge in [0.2, 0.25) is 5.95 Å². The van der Waals surface area contributed by atoms with E-state index in [1.165, 1.54) is 11.8 Å². The molecule has 1 spiro atoms. The van der Waals surface area contributed by atoms with Crippen molar-refractivity contribution < 1.29 is 4.74 Å². The van der Waals surface area contributed by atoms with Gasteiger partial charge in [0.05, 0.1) is 35.6 Å². The molecule has 0 saturated carbocycles. The van der Waals surface area contributed by atoms with Crippen LogP contribution in [0.3, 0.4) is 0 Å². The number of aromatic nitrogens is 7. The SMILES string of the molecule is Cc1c2ccc(N(C)c3ccnc(Nc4nccc(Sc5cnc(N6CCC7(CC6)CO[C@@H](C)[C@H]7N)cn5)c4Cl)n3)cc2nn1C.Cl. The molecule has 0 bridgehead atoms. The molecule has 5 aromatic rings. The molecular formula is C32H37Cl2N11OS.